The molecule has 0 spiro atoms. The Morgan fingerprint density at radius 2 is 1.90 bits per heavy atom. The standard InChI is InChI=1S/C15H19ClN4O/c1-11(15-17-12(2)18-21-15)19-7-9-20(10-8-19)14-6-4-3-5-13(14)16/h3-6,11H,7-10H2,1-2H3. The van der Waals surface area contributed by atoms with Gasteiger partial charge in [-0.05, 0) is 26.0 Å². The summed E-state index contributed by atoms with van der Waals surface area (Å²) in [7, 11) is 0. The lowest BCUT2D eigenvalue weighted by Crippen LogP contribution is -2.47. The van der Waals surface area contributed by atoms with Gasteiger partial charge in [-0.15, -0.1) is 0 Å². The lowest BCUT2D eigenvalue weighted by molar-refractivity contribution is 0.164. The zero-order valence-electron chi connectivity index (χ0n) is 12.3. The monoisotopic (exact) mass is 306 g/mol. The van der Waals surface area contributed by atoms with Crippen LogP contribution in [0.4, 0.5) is 5.69 Å². The zero-order chi connectivity index (χ0) is 14.8. The summed E-state index contributed by atoms with van der Waals surface area (Å²) in [5.41, 5.74) is 1.11. The Balaban J connectivity index is 1.64. The molecule has 1 aromatic heterocycles. The summed E-state index contributed by atoms with van der Waals surface area (Å²) in [5.74, 6) is 1.38. The first-order valence-electron chi connectivity index (χ1n) is 7.19. The van der Waals surface area contributed by atoms with Gasteiger partial charge in [0.2, 0.25) is 5.89 Å². The second-order valence-electron chi connectivity index (χ2n) is 5.33. The molecule has 2 heterocycles. The number of piperazine rings is 1. The topological polar surface area (TPSA) is 45.4 Å². The molecule has 0 saturated carbocycles. The lowest BCUT2D eigenvalue weighted by Gasteiger charge is -2.38. The van der Waals surface area contributed by atoms with Gasteiger partial charge in [0.05, 0.1) is 16.8 Å². The van der Waals surface area contributed by atoms with Gasteiger partial charge in [-0.25, -0.2) is 0 Å². The first-order chi connectivity index (χ1) is 10.1. The van der Waals surface area contributed by atoms with Gasteiger partial charge in [0.1, 0.15) is 0 Å². The molecule has 1 aliphatic rings. The highest BCUT2D eigenvalue weighted by Gasteiger charge is 2.26. The molecule has 0 N–H and O–H groups in total. The van der Waals surface area contributed by atoms with Gasteiger partial charge in [0.25, 0.3) is 0 Å². The summed E-state index contributed by atoms with van der Waals surface area (Å²) in [5, 5.41) is 4.68. The van der Waals surface area contributed by atoms with Crippen molar-refractivity contribution >= 4 is 17.3 Å². The number of hydrogen-bond donors (Lipinski definition) is 0. The highest BCUT2D eigenvalue weighted by molar-refractivity contribution is 6.33. The number of halogens is 1. The van der Waals surface area contributed by atoms with Gasteiger partial charge < -0.3 is 9.42 Å². The number of benzene rings is 1. The molecular formula is C15H19ClN4O. The van der Waals surface area contributed by atoms with Crippen LogP contribution in [-0.4, -0.2) is 41.2 Å². The maximum atomic E-state index is 6.27. The number of para-hydroxylation sites is 1. The Bertz CT molecular complexity index is 607. The van der Waals surface area contributed by atoms with Crippen LogP contribution in [0.15, 0.2) is 28.8 Å². The molecule has 3 rings (SSSR count). The largest absolute Gasteiger partial charge is 0.368 e. The minimum Gasteiger partial charge on any atom is -0.368 e. The van der Waals surface area contributed by atoms with Gasteiger partial charge in [0, 0.05) is 26.2 Å². The van der Waals surface area contributed by atoms with E-state index in [0.717, 1.165) is 36.9 Å². The number of aryl methyl sites for hydroxylation is 1. The molecule has 0 bridgehead atoms. The first-order valence-corrected chi connectivity index (χ1v) is 7.56. The summed E-state index contributed by atoms with van der Waals surface area (Å²) >= 11 is 6.27. The maximum Gasteiger partial charge on any atom is 0.243 e. The third-order valence-electron chi connectivity index (χ3n) is 3.96. The number of aromatic nitrogens is 2. The van der Waals surface area contributed by atoms with Gasteiger partial charge in [-0.1, -0.05) is 28.9 Å². The van der Waals surface area contributed by atoms with Crippen molar-refractivity contribution in [2.45, 2.75) is 19.9 Å². The van der Waals surface area contributed by atoms with Crippen molar-refractivity contribution in [2.75, 3.05) is 31.1 Å². The van der Waals surface area contributed by atoms with Gasteiger partial charge in [-0.3, -0.25) is 4.90 Å². The van der Waals surface area contributed by atoms with Crippen LogP contribution >= 0.6 is 11.6 Å². The van der Waals surface area contributed by atoms with Crippen LogP contribution in [0.1, 0.15) is 24.7 Å². The van der Waals surface area contributed by atoms with E-state index >= 15 is 0 Å². The Labute approximate surface area is 129 Å². The van der Waals surface area contributed by atoms with Crippen LogP contribution in [0.3, 0.4) is 0 Å². The summed E-state index contributed by atoms with van der Waals surface area (Å²) in [6.07, 6.45) is 0. The quantitative estimate of drug-likeness (QED) is 0.872. The number of anilines is 1. The Morgan fingerprint density at radius 1 is 1.19 bits per heavy atom. The second kappa shape index (κ2) is 6.03. The van der Waals surface area contributed by atoms with E-state index in [1.54, 1.807) is 0 Å². The molecule has 0 amide bonds. The van der Waals surface area contributed by atoms with E-state index in [1.165, 1.54) is 0 Å². The molecule has 112 valence electrons. The smallest absolute Gasteiger partial charge is 0.243 e. The van der Waals surface area contributed by atoms with Crippen molar-refractivity contribution in [2.24, 2.45) is 0 Å². The van der Waals surface area contributed by atoms with Gasteiger partial charge in [-0.2, -0.15) is 4.98 Å². The SMILES string of the molecule is Cc1noc(C(C)N2CCN(c3ccccc3Cl)CC2)n1. The molecule has 5 nitrogen and oxygen atoms in total. The van der Waals surface area contributed by atoms with E-state index in [4.69, 9.17) is 16.1 Å². The molecule has 21 heavy (non-hydrogen) atoms. The fourth-order valence-electron chi connectivity index (χ4n) is 2.70. The number of hydrogen-bond acceptors (Lipinski definition) is 5. The molecule has 6 heteroatoms. The second-order valence-corrected chi connectivity index (χ2v) is 5.74. The average molecular weight is 307 g/mol. The molecular weight excluding hydrogens is 288 g/mol. The van der Waals surface area contributed by atoms with Crippen molar-refractivity contribution < 1.29 is 4.52 Å². The van der Waals surface area contributed by atoms with Crippen LogP contribution in [-0.2, 0) is 0 Å². The van der Waals surface area contributed by atoms with Crippen molar-refractivity contribution in [1.29, 1.82) is 0 Å². The molecule has 1 aromatic carbocycles. The summed E-state index contributed by atoms with van der Waals surface area (Å²) in [6.45, 7) is 7.75. The van der Waals surface area contributed by atoms with Crippen LogP contribution in [0, 0.1) is 6.92 Å². The van der Waals surface area contributed by atoms with E-state index in [1.807, 2.05) is 25.1 Å². The summed E-state index contributed by atoms with van der Waals surface area (Å²) in [6, 6.07) is 8.15. The molecule has 0 radical (unpaired) electrons. The van der Waals surface area contributed by atoms with E-state index < -0.39 is 0 Å². The average Bonchev–Trinajstić information content (AvgIpc) is 2.94. The van der Waals surface area contributed by atoms with Crippen LogP contribution in [0.25, 0.3) is 0 Å². The summed E-state index contributed by atoms with van der Waals surface area (Å²) < 4.78 is 5.27. The Morgan fingerprint density at radius 3 is 2.52 bits per heavy atom. The first kappa shape index (κ1) is 14.4. The highest BCUT2D eigenvalue weighted by Crippen LogP contribution is 2.27. The van der Waals surface area contributed by atoms with Crippen molar-refractivity contribution in [3.63, 3.8) is 0 Å². The third-order valence-corrected chi connectivity index (χ3v) is 4.28. The molecule has 1 aliphatic heterocycles. The highest BCUT2D eigenvalue weighted by atomic mass is 35.5. The molecule has 2 aromatic rings. The Kier molecular flexibility index (Phi) is 4.12. The zero-order valence-corrected chi connectivity index (χ0v) is 13.0. The van der Waals surface area contributed by atoms with Crippen molar-refractivity contribution in [3.8, 4) is 0 Å². The van der Waals surface area contributed by atoms with E-state index in [9.17, 15) is 0 Å². The van der Waals surface area contributed by atoms with E-state index in [2.05, 4.69) is 32.9 Å². The van der Waals surface area contributed by atoms with Crippen molar-refractivity contribution in [1.82, 2.24) is 15.0 Å². The normalized spacial score (nSPS) is 18.0. The maximum absolute atomic E-state index is 6.27. The number of rotatable bonds is 3. The Hall–Kier alpha value is -1.59. The fourth-order valence-corrected chi connectivity index (χ4v) is 2.95. The molecule has 0 aliphatic carbocycles. The minimum atomic E-state index is 0.152. The van der Waals surface area contributed by atoms with Gasteiger partial charge in [0.15, 0.2) is 5.82 Å². The minimum absolute atomic E-state index is 0.152. The molecule has 1 unspecified atom stereocenters. The predicted octanol–water partition coefficient (Wildman–Crippen LogP) is 2.91. The summed E-state index contributed by atoms with van der Waals surface area (Å²) in [4.78, 5) is 9.01. The van der Waals surface area contributed by atoms with Crippen molar-refractivity contribution in [3.05, 3.63) is 41.0 Å². The van der Waals surface area contributed by atoms with Crippen LogP contribution in [0.5, 0.6) is 0 Å². The van der Waals surface area contributed by atoms with E-state index in [0.29, 0.717) is 11.7 Å². The predicted molar refractivity (Wildman–Crippen MR) is 82.7 cm³/mol. The number of nitrogens with zero attached hydrogens (tertiary/aromatic N) is 4. The van der Waals surface area contributed by atoms with Gasteiger partial charge >= 0.3 is 0 Å². The molecule has 1 atom stereocenters. The third kappa shape index (κ3) is 3.04. The van der Waals surface area contributed by atoms with Crippen LogP contribution in [0.2, 0.25) is 5.02 Å². The van der Waals surface area contributed by atoms with E-state index in [-0.39, 0.29) is 6.04 Å². The molecule has 1 fully saturated rings. The molecule has 1 saturated heterocycles. The lowest BCUT2D eigenvalue weighted by atomic mass is 10.2. The fraction of sp³-hybridized carbons (Fsp3) is 0.467. The van der Waals surface area contributed by atoms with Crippen LogP contribution < -0.4 is 4.90 Å².